The summed E-state index contributed by atoms with van der Waals surface area (Å²) in [6, 6.07) is 0. The summed E-state index contributed by atoms with van der Waals surface area (Å²) in [7, 11) is 0. The van der Waals surface area contributed by atoms with Gasteiger partial charge in [-0.25, -0.2) is 0 Å². The van der Waals surface area contributed by atoms with Crippen LogP contribution in [0.1, 0.15) is 27.2 Å². The maximum absolute atomic E-state index is 2.31. The number of fused-ring (bicyclic) bond motifs is 1. The smallest absolute Gasteiger partial charge is 0.0129 e. The number of rotatable bonds is 0. The van der Waals surface area contributed by atoms with Gasteiger partial charge in [-0.05, 0) is 49.5 Å². The minimum absolute atomic E-state index is 1.09. The van der Waals surface area contributed by atoms with Crippen LogP contribution in [0.25, 0.3) is 0 Å². The molecule has 0 radical (unpaired) electrons. The molecule has 72 valence electrons. The molecule has 0 fully saturated rings. The van der Waals surface area contributed by atoms with E-state index in [0.717, 1.165) is 6.42 Å². The Morgan fingerprint density at radius 1 is 0.857 bits per heavy atom. The number of hydrogen-bond donors (Lipinski definition) is 0. The summed E-state index contributed by atoms with van der Waals surface area (Å²) in [6.45, 7) is 6.53. The van der Waals surface area contributed by atoms with Gasteiger partial charge in [0, 0.05) is 0 Å². The van der Waals surface area contributed by atoms with Crippen LogP contribution >= 0.6 is 0 Å². The van der Waals surface area contributed by atoms with Gasteiger partial charge in [-0.2, -0.15) is 0 Å². The fourth-order valence-electron chi connectivity index (χ4n) is 1.78. The van der Waals surface area contributed by atoms with Crippen molar-refractivity contribution >= 4 is 0 Å². The van der Waals surface area contributed by atoms with E-state index in [4.69, 9.17) is 0 Å². The zero-order valence-electron chi connectivity index (χ0n) is 9.09. The first-order valence-corrected chi connectivity index (χ1v) is 5.12. The maximum atomic E-state index is 2.31. The van der Waals surface area contributed by atoms with Gasteiger partial charge >= 0.3 is 0 Å². The van der Waals surface area contributed by atoms with Crippen molar-refractivity contribution in [1.82, 2.24) is 0 Å². The van der Waals surface area contributed by atoms with Gasteiger partial charge in [-0.1, -0.05) is 36.0 Å². The SMILES string of the molecule is CC1=CC2=CC(C)=C(C)C=CC2=CC1. The van der Waals surface area contributed by atoms with E-state index in [0.29, 0.717) is 0 Å². The molecule has 2 rings (SSSR count). The van der Waals surface area contributed by atoms with E-state index >= 15 is 0 Å². The van der Waals surface area contributed by atoms with Crippen molar-refractivity contribution in [3.05, 3.63) is 58.2 Å². The topological polar surface area (TPSA) is 0 Å². The Hall–Kier alpha value is -1.30. The van der Waals surface area contributed by atoms with Crippen molar-refractivity contribution in [1.29, 1.82) is 0 Å². The number of allylic oxidation sites excluding steroid dienone is 10. The Bertz CT molecular complexity index is 409. The highest BCUT2D eigenvalue weighted by molar-refractivity contribution is 5.57. The molecule has 0 atom stereocenters. The predicted octanol–water partition coefficient (Wildman–Crippen LogP) is 4.10. The van der Waals surface area contributed by atoms with Crippen LogP contribution in [-0.2, 0) is 0 Å². The van der Waals surface area contributed by atoms with Crippen LogP contribution in [0.5, 0.6) is 0 Å². The average Bonchev–Trinajstić information content (AvgIpc) is 2.27. The maximum Gasteiger partial charge on any atom is -0.0129 e. The van der Waals surface area contributed by atoms with Crippen molar-refractivity contribution in [2.45, 2.75) is 27.2 Å². The summed E-state index contributed by atoms with van der Waals surface area (Å²) < 4.78 is 0. The molecule has 0 aromatic carbocycles. The number of hydrogen-bond acceptors (Lipinski definition) is 0. The molecule has 14 heavy (non-hydrogen) atoms. The molecule has 0 aliphatic heterocycles. The molecule has 2 aliphatic carbocycles. The molecule has 0 unspecified atom stereocenters. The Morgan fingerprint density at radius 3 is 2.43 bits per heavy atom. The molecule has 0 nitrogen and oxygen atoms in total. The third-order valence-corrected chi connectivity index (χ3v) is 2.89. The molecule has 2 aliphatic rings. The molecule has 0 saturated carbocycles. The summed E-state index contributed by atoms with van der Waals surface area (Å²) in [5, 5.41) is 0. The van der Waals surface area contributed by atoms with Gasteiger partial charge in [0.25, 0.3) is 0 Å². The van der Waals surface area contributed by atoms with Crippen molar-refractivity contribution < 1.29 is 0 Å². The van der Waals surface area contributed by atoms with Crippen LogP contribution < -0.4 is 0 Å². The molecule has 0 amide bonds. The summed E-state index contributed by atoms with van der Waals surface area (Å²) in [5.74, 6) is 0. The Labute approximate surface area is 86.0 Å². The molecular formula is C14H16. The summed E-state index contributed by atoms with van der Waals surface area (Å²) in [6.07, 6.45) is 12.4. The zero-order valence-corrected chi connectivity index (χ0v) is 9.09. The molecule has 0 bridgehead atoms. The van der Waals surface area contributed by atoms with Gasteiger partial charge in [-0.3, -0.25) is 0 Å². The summed E-state index contributed by atoms with van der Waals surface area (Å²) in [4.78, 5) is 0. The first-order chi connectivity index (χ1) is 6.66. The second kappa shape index (κ2) is 3.45. The van der Waals surface area contributed by atoms with E-state index in [-0.39, 0.29) is 0 Å². The van der Waals surface area contributed by atoms with E-state index in [1.54, 1.807) is 0 Å². The molecule has 0 N–H and O–H groups in total. The first-order valence-electron chi connectivity index (χ1n) is 5.12. The summed E-state index contributed by atoms with van der Waals surface area (Å²) in [5.41, 5.74) is 6.90. The average molecular weight is 184 g/mol. The standard InChI is InChI=1S/C14H16/c1-10-4-6-13-7-5-11(2)12(3)9-14(13)8-10/h5-9H,4H2,1-3H3. The summed E-state index contributed by atoms with van der Waals surface area (Å²) >= 11 is 0. The van der Waals surface area contributed by atoms with Crippen molar-refractivity contribution in [3.63, 3.8) is 0 Å². The lowest BCUT2D eigenvalue weighted by Crippen LogP contribution is -1.91. The van der Waals surface area contributed by atoms with E-state index in [9.17, 15) is 0 Å². The molecule has 0 spiro atoms. The predicted molar refractivity (Wildman–Crippen MR) is 62.1 cm³/mol. The lowest BCUT2D eigenvalue weighted by Gasteiger charge is -2.11. The second-order valence-electron chi connectivity index (χ2n) is 4.15. The third-order valence-electron chi connectivity index (χ3n) is 2.89. The van der Waals surface area contributed by atoms with Crippen LogP contribution in [0.4, 0.5) is 0 Å². The van der Waals surface area contributed by atoms with Crippen LogP contribution in [-0.4, -0.2) is 0 Å². The lowest BCUT2D eigenvalue weighted by atomic mass is 9.94. The molecule has 0 heterocycles. The van der Waals surface area contributed by atoms with Gasteiger partial charge in [0.05, 0.1) is 0 Å². The van der Waals surface area contributed by atoms with E-state index in [1.807, 2.05) is 0 Å². The van der Waals surface area contributed by atoms with Crippen molar-refractivity contribution in [2.24, 2.45) is 0 Å². The first kappa shape index (κ1) is 9.26. The Balaban J connectivity index is 2.50. The van der Waals surface area contributed by atoms with Crippen molar-refractivity contribution in [3.8, 4) is 0 Å². The van der Waals surface area contributed by atoms with Crippen LogP contribution in [0.2, 0.25) is 0 Å². The zero-order chi connectivity index (χ0) is 10.1. The molecule has 0 aromatic rings. The van der Waals surface area contributed by atoms with E-state index in [1.165, 1.54) is 27.9 Å². The normalized spacial score (nSPS) is 20.9. The van der Waals surface area contributed by atoms with Crippen LogP contribution in [0, 0.1) is 0 Å². The van der Waals surface area contributed by atoms with Gasteiger partial charge in [-0.15, -0.1) is 0 Å². The van der Waals surface area contributed by atoms with E-state index in [2.05, 4.69) is 51.2 Å². The third kappa shape index (κ3) is 1.65. The fourth-order valence-corrected chi connectivity index (χ4v) is 1.78. The van der Waals surface area contributed by atoms with Gasteiger partial charge in [0.15, 0.2) is 0 Å². The second-order valence-corrected chi connectivity index (χ2v) is 4.15. The molecule has 0 aromatic heterocycles. The molecule has 0 saturated heterocycles. The molecular weight excluding hydrogens is 168 g/mol. The molecule has 0 heteroatoms. The van der Waals surface area contributed by atoms with E-state index < -0.39 is 0 Å². The fraction of sp³-hybridized carbons (Fsp3) is 0.286. The highest BCUT2D eigenvalue weighted by Crippen LogP contribution is 2.28. The van der Waals surface area contributed by atoms with Crippen molar-refractivity contribution in [2.75, 3.05) is 0 Å². The Kier molecular flexibility index (Phi) is 2.28. The van der Waals surface area contributed by atoms with Crippen LogP contribution in [0.3, 0.4) is 0 Å². The van der Waals surface area contributed by atoms with Crippen LogP contribution in [0.15, 0.2) is 58.2 Å². The lowest BCUT2D eigenvalue weighted by molar-refractivity contribution is 1.16. The minimum Gasteiger partial charge on any atom is -0.0726 e. The minimum atomic E-state index is 1.09. The highest BCUT2D eigenvalue weighted by Gasteiger charge is 2.08. The van der Waals surface area contributed by atoms with Gasteiger partial charge in [0.1, 0.15) is 0 Å². The quantitative estimate of drug-likeness (QED) is 0.532. The largest absolute Gasteiger partial charge is 0.0726 e. The highest BCUT2D eigenvalue weighted by atomic mass is 14.1. The van der Waals surface area contributed by atoms with Gasteiger partial charge < -0.3 is 0 Å². The monoisotopic (exact) mass is 184 g/mol. The Morgan fingerprint density at radius 2 is 1.64 bits per heavy atom. The van der Waals surface area contributed by atoms with Gasteiger partial charge in [0.2, 0.25) is 0 Å².